The van der Waals surface area contributed by atoms with Crippen LogP contribution in [0.1, 0.15) is 35.2 Å². The first kappa shape index (κ1) is 20.8. The van der Waals surface area contributed by atoms with Crippen LogP contribution in [-0.2, 0) is 18.0 Å². The van der Waals surface area contributed by atoms with Crippen molar-refractivity contribution in [3.63, 3.8) is 0 Å². The van der Waals surface area contributed by atoms with Gasteiger partial charge < -0.3 is 5.11 Å². The van der Waals surface area contributed by atoms with Crippen molar-refractivity contribution in [3.8, 4) is 0 Å². The van der Waals surface area contributed by atoms with Gasteiger partial charge in [0, 0.05) is 0 Å². The number of rotatable bonds is 4. The molecule has 29 heavy (non-hydrogen) atoms. The van der Waals surface area contributed by atoms with E-state index in [4.69, 9.17) is 0 Å². The average Bonchev–Trinajstić information content (AvgIpc) is 3.20. The van der Waals surface area contributed by atoms with E-state index >= 15 is 0 Å². The maximum atomic E-state index is 12.9. The van der Waals surface area contributed by atoms with E-state index in [2.05, 4.69) is 10.1 Å². The lowest BCUT2D eigenvalue weighted by Crippen LogP contribution is -2.37. The van der Waals surface area contributed by atoms with Gasteiger partial charge >= 0.3 is 12.4 Å². The zero-order chi connectivity index (χ0) is 21.4. The van der Waals surface area contributed by atoms with Crippen LogP contribution >= 0.6 is 0 Å². The molecule has 0 aliphatic heterocycles. The molecule has 0 amide bonds. The molecule has 154 valence electrons. The molecule has 10 heteroatoms. The number of aliphatic hydroxyl groups is 1. The molecule has 1 aromatic heterocycles. The largest absolute Gasteiger partial charge is 0.416 e. The molecule has 2 aromatic carbocycles. The molecule has 0 saturated carbocycles. The highest BCUT2D eigenvalue weighted by atomic mass is 19.4. The number of hydrogen-bond donors (Lipinski definition) is 1. The van der Waals surface area contributed by atoms with E-state index in [0.29, 0.717) is 0 Å². The Balaban J connectivity index is 2.12. The van der Waals surface area contributed by atoms with Crippen molar-refractivity contribution in [1.82, 2.24) is 14.8 Å². The van der Waals surface area contributed by atoms with E-state index in [0.717, 1.165) is 48.5 Å². The second-order valence-electron chi connectivity index (χ2n) is 6.47. The number of alkyl halides is 6. The Morgan fingerprint density at radius 1 is 0.759 bits per heavy atom. The smallest absolute Gasteiger partial charge is 0.378 e. The van der Waals surface area contributed by atoms with Gasteiger partial charge in [-0.05, 0) is 42.3 Å². The second kappa shape index (κ2) is 7.18. The Morgan fingerprint density at radius 3 is 1.45 bits per heavy atom. The van der Waals surface area contributed by atoms with Crippen molar-refractivity contribution in [2.24, 2.45) is 0 Å². The highest BCUT2D eigenvalue weighted by molar-refractivity contribution is 5.40. The Labute approximate surface area is 161 Å². The fourth-order valence-corrected chi connectivity index (χ4v) is 3.08. The topological polar surface area (TPSA) is 50.9 Å². The van der Waals surface area contributed by atoms with Gasteiger partial charge in [0.2, 0.25) is 0 Å². The van der Waals surface area contributed by atoms with E-state index in [1.54, 1.807) is 0 Å². The predicted molar refractivity (Wildman–Crippen MR) is 90.6 cm³/mol. The maximum absolute atomic E-state index is 12.9. The standard InChI is InChI=1S/C19H15F6N3O/c1-12(28-11-26-10-27-28)17(29,13-2-6-15(7-3-13)18(20,21)22)14-4-8-16(9-5-14)19(23,24)25/h2-12,29H,1H3. The van der Waals surface area contributed by atoms with Gasteiger partial charge in [0.25, 0.3) is 0 Å². The summed E-state index contributed by atoms with van der Waals surface area (Å²) in [7, 11) is 0. The number of benzene rings is 2. The second-order valence-corrected chi connectivity index (χ2v) is 6.47. The Hall–Kier alpha value is -2.88. The van der Waals surface area contributed by atoms with Crippen LogP contribution < -0.4 is 0 Å². The van der Waals surface area contributed by atoms with Gasteiger partial charge in [0.1, 0.15) is 18.3 Å². The molecular weight excluding hydrogens is 400 g/mol. The monoisotopic (exact) mass is 415 g/mol. The Kier molecular flexibility index (Phi) is 5.16. The Morgan fingerprint density at radius 2 is 1.14 bits per heavy atom. The zero-order valence-electron chi connectivity index (χ0n) is 14.9. The quantitative estimate of drug-likeness (QED) is 0.622. The summed E-state index contributed by atoms with van der Waals surface area (Å²) in [5, 5.41) is 15.5. The molecule has 0 aliphatic rings. The van der Waals surface area contributed by atoms with Crippen LogP contribution in [0.25, 0.3) is 0 Å². The molecule has 1 N–H and O–H groups in total. The first-order chi connectivity index (χ1) is 13.4. The molecule has 0 fully saturated rings. The van der Waals surface area contributed by atoms with Crippen molar-refractivity contribution >= 4 is 0 Å². The summed E-state index contributed by atoms with van der Waals surface area (Å²) in [6.45, 7) is 1.53. The molecular formula is C19H15F6N3O. The van der Waals surface area contributed by atoms with Crippen LogP contribution in [0.2, 0.25) is 0 Å². The minimum atomic E-state index is -4.57. The molecule has 1 atom stereocenters. The van der Waals surface area contributed by atoms with Crippen molar-refractivity contribution in [2.45, 2.75) is 30.9 Å². The van der Waals surface area contributed by atoms with E-state index in [9.17, 15) is 31.4 Å². The predicted octanol–water partition coefficient (Wildman–Crippen LogP) is 4.81. The maximum Gasteiger partial charge on any atom is 0.416 e. The molecule has 4 nitrogen and oxygen atoms in total. The van der Waals surface area contributed by atoms with Crippen molar-refractivity contribution in [1.29, 1.82) is 0 Å². The summed E-state index contributed by atoms with van der Waals surface area (Å²) in [5.41, 5.74) is -3.67. The summed E-state index contributed by atoms with van der Waals surface area (Å²) in [6.07, 6.45) is -6.63. The van der Waals surface area contributed by atoms with Gasteiger partial charge in [0.05, 0.1) is 17.2 Å². The molecule has 0 bridgehead atoms. The van der Waals surface area contributed by atoms with Crippen LogP contribution in [0.15, 0.2) is 61.2 Å². The third-order valence-corrected chi connectivity index (χ3v) is 4.74. The molecule has 3 rings (SSSR count). The van der Waals surface area contributed by atoms with Crippen LogP contribution in [0.4, 0.5) is 26.3 Å². The van der Waals surface area contributed by atoms with Crippen molar-refractivity contribution in [2.75, 3.05) is 0 Å². The summed E-state index contributed by atoms with van der Waals surface area (Å²) in [6, 6.07) is 6.69. The molecule has 0 radical (unpaired) electrons. The van der Waals surface area contributed by atoms with Crippen LogP contribution in [0, 0.1) is 0 Å². The molecule has 0 spiro atoms. The van der Waals surface area contributed by atoms with Crippen molar-refractivity contribution < 1.29 is 31.4 Å². The van der Waals surface area contributed by atoms with Gasteiger partial charge in [-0.15, -0.1) is 0 Å². The Bertz CT molecular complexity index is 890. The third kappa shape index (κ3) is 3.98. The molecule has 1 unspecified atom stereocenters. The summed E-state index contributed by atoms with van der Waals surface area (Å²) < 4.78 is 78.6. The van der Waals surface area contributed by atoms with Crippen LogP contribution in [-0.4, -0.2) is 19.9 Å². The summed E-state index contributed by atoms with van der Waals surface area (Å²) in [4.78, 5) is 3.78. The van der Waals surface area contributed by atoms with E-state index in [-0.39, 0.29) is 11.1 Å². The number of hydrogen-bond acceptors (Lipinski definition) is 3. The lowest BCUT2D eigenvalue weighted by molar-refractivity contribution is -0.138. The molecule has 0 saturated heterocycles. The van der Waals surface area contributed by atoms with Gasteiger partial charge in [-0.1, -0.05) is 24.3 Å². The highest BCUT2D eigenvalue weighted by Crippen LogP contribution is 2.41. The lowest BCUT2D eigenvalue weighted by atomic mass is 9.80. The fraction of sp³-hybridized carbons (Fsp3) is 0.263. The average molecular weight is 415 g/mol. The van der Waals surface area contributed by atoms with E-state index < -0.39 is 35.1 Å². The first-order valence-electron chi connectivity index (χ1n) is 8.36. The minimum absolute atomic E-state index is 0.0632. The van der Waals surface area contributed by atoms with E-state index in [1.807, 2.05) is 0 Å². The third-order valence-electron chi connectivity index (χ3n) is 4.74. The number of nitrogens with zero attached hydrogens (tertiary/aromatic N) is 3. The summed E-state index contributed by atoms with van der Waals surface area (Å²) in [5.74, 6) is 0. The zero-order valence-corrected chi connectivity index (χ0v) is 14.9. The van der Waals surface area contributed by atoms with Crippen molar-refractivity contribution in [3.05, 3.63) is 83.4 Å². The molecule has 0 aliphatic carbocycles. The van der Waals surface area contributed by atoms with Gasteiger partial charge in [0.15, 0.2) is 0 Å². The van der Waals surface area contributed by atoms with Crippen LogP contribution in [0.3, 0.4) is 0 Å². The lowest BCUT2D eigenvalue weighted by Gasteiger charge is -2.35. The molecule has 3 aromatic rings. The first-order valence-corrected chi connectivity index (χ1v) is 8.36. The number of halogens is 6. The van der Waals surface area contributed by atoms with Gasteiger partial charge in [-0.2, -0.15) is 31.4 Å². The summed E-state index contributed by atoms with van der Waals surface area (Å²) >= 11 is 0. The minimum Gasteiger partial charge on any atom is -0.378 e. The fourth-order valence-electron chi connectivity index (χ4n) is 3.08. The molecule has 1 heterocycles. The van der Waals surface area contributed by atoms with Crippen LogP contribution in [0.5, 0.6) is 0 Å². The SMILES string of the molecule is CC(n1cncn1)C(O)(c1ccc(C(F)(F)F)cc1)c1ccc(C(F)(F)F)cc1. The normalized spacial score (nSPS) is 14.1. The highest BCUT2D eigenvalue weighted by Gasteiger charge is 2.41. The van der Waals surface area contributed by atoms with E-state index in [1.165, 1.54) is 24.3 Å². The number of aromatic nitrogens is 3. The van der Waals surface area contributed by atoms with Gasteiger partial charge in [-0.25, -0.2) is 9.67 Å². The van der Waals surface area contributed by atoms with Gasteiger partial charge in [-0.3, -0.25) is 0 Å².